The van der Waals surface area contributed by atoms with Gasteiger partial charge in [-0.2, -0.15) is 0 Å². The number of fused-ring (bicyclic) bond motifs is 1. The van der Waals surface area contributed by atoms with Crippen LogP contribution < -0.4 is 0 Å². The number of rotatable bonds is 2. The fraction of sp³-hybridized carbons (Fsp3) is 0.571. The molecule has 1 aromatic heterocycles. The second-order valence-corrected chi connectivity index (χ2v) is 7.39. The molecule has 1 N–H and O–H groups in total. The molecule has 20 heavy (non-hydrogen) atoms. The van der Waals surface area contributed by atoms with Gasteiger partial charge < -0.3 is 10.0 Å². The third-order valence-electron chi connectivity index (χ3n) is 3.89. The molecule has 1 saturated heterocycles. The summed E-state index contributed by atoms with van der Waals surface area (Å²) in [6.07, 6.45) is 5.75. The molecule has 1 fully saturated rings. The molecule has 0 radical (unpaired) electrons. The Morgan fingerprint density at radius 3 is 2.85 bits per heavy atom. The second-order valence-electron chi connectivity index (χ2n) is 5.25. The van der Waals surface area contributed by atoms with Gasteiger partial charge in [-0.25, -0.2) is 4.79 Å². The van der Waals surface area contributed by atoms with E-state index >= 15 is 0 Å². The molecule has 1 atom stereocenters. The monoisotopic (exact) mass is 311 g/mol. The molecule has 1 aromatic rings. The minimum atomic E-state index is -0.901. The van der Waals surface area contributed by atoms with Crippen molar-refractivity contribution in [3.05, 3.63) is 21.4 Å². The fourth-order valence-electron chi connectivity index (χ4n) is 2.76. The number of thiophene rings is 1. The van der Waals surface area contributed by atoms with Crippen molar-refractivity contribution in [2.45, 2.75) is 38.1 Å². The van der Waals surface area contributed by atoms with Gasteiger partial charge in [-0.1, -0.05) is 6.42 Å². The first kappa shape index (κ1) is 13.9. The lowest BCUT2D eigenvalue weighted by Gasteiger charge is -2.19. The highest BCUT2D eigenvalue weighted by molar-refractivity contribution is 7.99. The average Bonchev–Trinajstić information content (AvgIpc) is 3.01. The number of carboxylic acids is 1. The molecule has 0 aromatic carbocycles. The third kappa shape index (κ3) is 2.59. The first-order valence-electron chi connectivity index (χ1n) is 6.90. The van der Waals surface area contributed by atoms with Crippen molar-refractivity contribution < 1.29 is 14.7 Å². The van der Waals surface area contributed by atoms with Gasteiger partial charge in [-0.15, -0.1) is 23.1 Å². The van der Waals surface area contributed by atoms with Crippen LogP contribution in [-0.2, 0) is 17.6 Å². The van der Waals surface area contributed by atoms with Gasteiger partial charge in [-0.05, 0) is 37.3 Å². The van der Waals surface area contributed by atoms with Crippen molar-refractivity contribution in [1.82, 2.24) is 4.90 Å². The standard InChI is InChI=1S/C14H17NO3S2/c16-13(15-8-19-7-10(15)14(17)18)12-6-9-4-2-1-3-5-11(9)20-12/h6,10H,1-5,7-8H2,(H,17,18). The molecule has 1 amide bonds. The van der Waals surface area contributed by atoms with Crippen LogP contribution in [0.15, 0.2) is 6.07 Å². The highest BCUT2D eigenvalue weighted by Gasteiger charge is 2.35. The minimum absolute atomic E-state index is 0.111. The highest BCUT2D eigenvalue weighted by atomic mass is 32.2. The number of amides is 1. The summed E-state index contributed by atoms with van der Waals surface area (Å²) in [7, 11) is 0. The molecule has 108 valence electrons. The summed E-state index contributed by atoms with van der Waals surface area (Å²) in [5.74, 6) is -0.0354. The van der Waals surface area contributed by atoms with Crippen LogP contribution in [0.2, 0.25) is 0 Å². The van der Waals surface area contributed by atoms with Crippen molar-refractivity contribution in [2.75, 3.05) is 11.6 Å². The van der Waals surface area contributed by atoms with Crippen LogP contribution in [-0.4, -0.2) is 39.6 Å². The number of hydrogen-bond donors (Lipinski definition) is 1. The van der Waals surface area contributed by atoms with Gasteiger partial charge in [-0.3, -0.25) is 4.79 Å². The molecule has 0 bridgehead atoms. The quantitative estimate of drug-likeness (QED) is 0.853. The molecule has 6 heteroatoms. The lowest BCUT2D eigenvalue weighted by Crippen LogP contribution is -2.41. The topological polar surface area (TPSA) is 57.6 Å². The smallest absolute Gasteiger partial charge is 0.327 e. The number of aryl methyl sites for hydroxylation is 2. The molecule has 1 unspecified atom stereocenters. The number of aliphatic carboxylic acids is 1. The van der Waals surface area contributed by atoms with Crippen molar-refractivity contribution in [3.63, 3.8) is 0 Å². The predicted octanol–water partition coefficient (Wildman–Crippen LogP) is 2.62. The Morgan fingerprint density at radius 1 is 1.25 bits per heavy atom. The van der Waals surface area contributed by atoms with E-state index in [-0.39, 0.29) is 5.91 Å². The first-order valence-corrected chi connectivity index (χ1v) is 8.87. The first-order chi connectivity index (χ1) is 9.66. The molecule has 1 aliphatic carbocycles. The molecular weight excluding hydrogens is 294 g/mol. The van der Waals surface area contributed by atoms with Gasteiger partial charge >= 0.3 is 5.97 Å². The van der Waals surface area contributed by atoms with Crippen LogP contribution in [0.3, 0.4) is 0 Å². The van der Waals surface area contributed by atoms with Crippen LogP contribution in [0, 0.1) is 0 Å². The predicted molar refractivity (Wildman–Crippen MR) is 80.5 cm³/mol. The minimum Gasteiger partial charge on any atom is -0.480 e. The van der Waals surface area contributed by atoms with Crippen LogP contribution in [0.1, 0.15) is 39.4 Å². The maximum Gasteiger partial charge on any atom is 0.327 e. The maximum atomic E-state index is 12.5. The molecule has 0 saturated carbocycles. The average molecular weight is 311 g/mol. The van der Waals surface area contributed by atoms with Gasteiger partial charge in [0.2, 0.25) is 0 Å². The third-order valence-corrected chi connectivity index (χ3v) is 6.12. The summed E-state index contributed by atoms with van der Waals surface area (Å²) < 4.78 is 0. The lowest BCUT2D eigenvalue weighted by atomic mass is 10.1. The summed E-state index contributed by atoms with van der Waals surface area (Å²) in [5.41, 5.74) is 1.30. The number of hydrogen-bond acceptors (Lipinski definition) is 4. The van der Waals surface area contributed by atoms with Crippen LogP contribution >= 0.6 is 23.1 Å². The molecule has 1 aliphatic heterocycles. The van der Waals surface area contributed by atoms with Crippen LogP contribution in [0.25, 0.3) is 0 Å². The Bertz CT molecular complexity index is 517. The zero-order valence-corrected chi connectivity index (χ0v) is 12.8. The van der Waals surface area contributed by atoms with E-state index in [0.29, 0.717) is 16.5 Å². The van der Waals surface area contributed by atoms with E-state index in [2.05, 4.69) is 0 Å². The highest BCUT2D eigenvalue weighted by Crippen LogP contribution is 2.31. The van der Waals surface area contributed by atoms with Crippen molar-refractivity contribution in [1.29, 1.82) is 0 Å². The van der Waals surface area contributed by atoms with E-state index in [4.69, 9.17) is 0 Å². The van der Waals surface area contributed by atoms with Gasteiger partial charge in [0, 0.05) is 10.6 Å². The van der Waals surface area contributed by atoms with Gasteiger partial charge in [0.05, 0.1) is 10.8 Å². The van der Waals surface area contributed by atoms with Crippen molar-refractivity contribution >= 4 is 35.0 Å². The summed E-state index contributed by atoms with van der Waals surface area (Å²) in [4.78, 5) is 27.2. The largest absolute Gasteiger partial charge is 0.480 e. The number of thioether (sulfide) groups is 1. The molecule has 4 nitrogen and oxygen atoms in total. The second kappa shape index (κ2) is 5.77. The molecule has 2 aliphatic rings. The molecule has 2 heterocycles. The Morgan fingerprint density at radius 2 is 2.05 bits per heavy atom. The maximum absolute atomic E-state index is 12.5. The molecule has 0 spiro atoms. The van der Waals surface area contributed by atoms with Crippen molar-refractivity contribution in [2.24, 2.45) is 0 Å². The van der Waals surface area contributed by atoms with E-state index in [0.717, 1.165) is 12.8 Å². The SMILES string of the molecule is O=C(O)C1CSCN1C(=O)c1cc2c(s1)CCCCC2. The van der Waals surface area contributed by atoms with Gasteiger partial charge in [0.25, 0.3) is 5.91 Å². The zero-order chi connectivity index (χ0) is 14.1. The number of carboxylic acid groups (broad SMARTS) is 1. The fourth-order valence-corrected chi connectivity index (χ4v) is 5.12. The van der Waals surface area contributed by atoms with Crippen LogP contribution in [0.4, 0.5) is 0 Å². The Kier molecular flexibility index (Phi) is 4.03. The molecule has 3 rings (SSSR count). The Hall–Kier alpha value is -1.01. The Balaban J connectivity index is 1.82. The van der Waals surface area contributed by atoms with Crippen LogP contribution in [0.5, 0.6) is 0 Å². The van der Waals surface area contributed by atoms with E-state index in [9.17, 15) is 14.7 Å². The van der Waals surface area contributed by atoms with Gasteiger partial charge in [0.1, 0.15) is 6.04 Å². The molecular formula is C14H17NO3S2. The number of carbonyl (C=O) groups is 2. The summed E-state index contributed by atoms with van der Waals surface area (Å²) in [5, 5.41) is 9.17. The number of nitrogens with zero attached hydrogens (tertiary/aromatic N) is 1. The van der Waals surface area contributed by atoms with E-state index in [1.165, 1.54) is 46.4 Å². The van der Waals surface area contributed by atoms with Gasteiger partial charge in [0.15, 0.2) is 0 Å². The van der Waals surface area contributed by atoms with E-state index in [1.807, 2.05) is 6.07 Å². The summed E-state index contributed by atoms with van der Waals surface area (Å²) in [6.45, 7) is 0. The summed E-state index contributed by atoms with van der Waals surface area (Å²) in [6, 6.07) is 1.32. The van der Waals surface area contributed by atoms with Crippen molar-refractivity contribution in [3.8, 4) is 0 Å². The number of carbonyl (C=O) groups excluding carboxylic acids is 1. The Labute approximate surface area is 126 Å². The summed E-state index contributed by atoms with van der Waals surface area (Å²) >= 11 is 3.07. The lowest BCUT2D eigenvalue weighted by molar-refractivity contribution is -0.140. The van der Waals surface area contributed by atoms with E-state index in [1.54, 1.807) is 11.3 Å². The normalized spacial score (nSPS) is 22.4. The zero-order valence-electron chi connectivity index (χ0n) is 11.1. The van der Waals surface area contributed by atoms with E-state index < -0.39 is 12.0 Å².